The van der Waals surface area contributed by atoms with Gasteiger partial charge in [0.2, 0.25) is 0 Å². The number of nitrogens with one attached hydrogen (secondary N) is 1. The molecule has 2 aliphatic heterocycles. The molecule has 1 aromatic carbocycles. The molecule has 184 valence electrons. The Balaban J connectivity index is 1.46. The lowest BCUT2D eigenvalue weighted by Gasteiger charge is -2.42. The molecule has 1 saturated heterocycles. The number of likely N-dealkylation sites (N-methyl/N-ethyl adjacent to an activating group) is 1. The van der Waals surface area contributed by atoms with E-state index in [1.54, 1.807) is 23.4 Å². The highest BCUT2D eigenvalue weighted by molar-refractivity contribution is 6.35. The SMILES string of the molecule is CNC(=O)[C@@H]1CN(c2cncc3nc(N)oc23)C[C@H](C(=O)N2CCc3cc(Cl)cc(Cl)c3[C@@H]2C)O1. The first-order valence-electron chi connectivity index (χ1n) is 11.2. The van der Waals surface area contributed by atoms with E-state index >= 15 is 0 Å². The summed E-state index contributed by atoms with van der Waals surface area (Å²) >= 11 is 12.7. The third-order valence-electron chi connectivity index (χ3n) is 6.52. The van der Waals surface area contributed by atoms with E-state index in [1.165, 1.54) is 7.05 Å². The van der Waals surface area contributed by atoms with E-state index in [2.05, 4.69) is 15.3 Å². The Kier molecular flexibility index (Phi) is 6.20. The molecule has 3 atom stereocenters. The smallest absolute Gasteiger partial charge is 0.293 e. The number of carbonyl (C=O) groups is 2. The van der Waals surface area contributed by atoms with Crippen LogP contribution in [0, 0.1) is 0 Å². The number of rotatable bonds is 3. The minimum Gasteiger partial charge on any atom is -0.421 e. The van der Waals surface area contributed by atoms with E-state index in [0.717, 1.165) is 11.1 Å². The average Bonchev–Trinajstić information content (AvgIpc) is 3.22. The quantitative estimate of drug-likeness (QED) is 0.541. The van der Waals surface area contributed by atoms with Crippen molar-refractivity contribution in [2.75, 3.05) is 37.3 Å². The highest BCUT2D eigenvalue weighted by Gasteiger charge is 2.41. The van der Waals surface area contributed by atoms with Crippen molar-refractivity contribution in [1.29, 1.82) is 0 Å². The fourth-order valence-corrected chi connectivity index (χ4v) is 5.56. The lowest BCUT2D eigenvalue weighted by molar-refractivity contribution is -0.156. The molecule has 0 aliphatic carbocycles. The summed E-state index contributed by atoms with van der Waals surface area (Å²) in [6.07, 6.45) is 1.97. The molecule has 0 saturated carbocycles. The van der Waals surface area contributed by atoms with Crippen molar-refractivity contribution < 1.29 is 18.7 Å². The van der Waals surface area contributed by atoms with E-state index in [1.807, 2.05) is 17.9 Å². The number of amides is 2. The van der Waals surface area contributed by atoms with Crippen molar-refractivity contribution in [2.24, 2.45) is 0 Å². The number of carbonyl (C=O) groups excluding carboxylic acids is 2. The van der Waals surface area contributed by atoms with Gasteiger partial charge in [0.15, 0.2) is 17.8 Å². The lowest BCUT2D eigenvalue weighted by atomic mass is 9.93. The van der Waals surface area contributed by atoms with Gasteiger partial charge in [0.25, 0.3) is 17.8 Å². The molecule has 3 N–H and O–H groups in total. The standard InChI is InChI=1S/C23H24Cl2N6O4/c1-11-19-12(5-13(24)6-14(19)25)3-4-31(11)22(33)18-10-30(9-17(34-18)21(32)27-2)16-8-28-7-15-20(16)35-23(26)29-15/h5-8,11,17-18H,3-4,9-10H2,1-2H3,(H2,26,29)(H,27,32)/t11-,17-,18+/m0/s1. The summed E-state index contributed by atoms with van der Waals surface area (Å²) < 4.78 is 11.6. The molecule has 0 bridgehead atoms. The van der Waals surface area contributed by atoms with E-state index in [9.17, 15) is 9.59 Å². The van der Waals surface area contributed by atoms with Crippen LogP contribution in [0.15, 0.2) is 28.9 Å². The Bertz CT molecular complexity index is 1310. The van der Waals surface area contributed by atoms with Crippen LogP contribution in [0.2, 0.25) is 10.0 Å². The molecule has 0 spiro atoms. The maximum absolute atomic E-state index is 13.8. The average molecular weight is 519 g/mol. The molecule has 12 heteroatoms. The Morgan fingerprint density at radius 2 is 1.97 bits per heavy atom. The van der Waals surface area contributed by atoms with Gasteiger partial charge < -0.3 is 30.0 Å². The van der Waals surface area contributed by atoms with Gasteiger partial charge >= 0.3 is 0 Å². The van der Waals surface area contributed by atoms with Crippen molar-refractivity contribution in [3.8, 4) is 0 Å². The number of morpholine rings is 1. The number of nitrogens with two attached hydrogens (primary N) is 1. The van der Waals surface area contributed by atoms with Crippen LogP contribution in [0.5, 0.6) is 0 Å². The second-order valence-corrected chi connectivity index (χ2v) is 9.45. The molecular weight excluding hydrogens is 495 g/mol. The Hall–Kier alpha value is -3.08. The van der Waals surface area contributed by atoms with Gasteiger partial charge in [-0.1, -0.05) is 23.2 Å². The van der Waals surface area contributed by atoms with Crippen molar-refractivity contribution in [2.45, 2.75) is 31.6 Å². The molecule has 2 amide bonds. The van der Waals surface area contributed by atoms with Crippen LogP contribution < -0.4 is 16.0 Å². The van der Waals surface area contributed by atoms with Gasteiger partial charge in [0.1, 0.15) is 11.2 Å². The zero-order valence-electron chi connectivity index (χ0n) is 19.1. The third kappa shape index (κ3) is 4.26. The summed E-state index contributed by atoms with van der Waals surface area (Å²) in [5, 5.41) is 3.69. The van der Waals surface area contributed by atoms with Crippen molar-refractivity contribution in [3.63, 3.8) is 0 Å². The summed E-state index contributed by atoms with van der Waals surface area (Å²) in [6, 6.07) is 3.30. The summed E-state index contributed by atoms with van der Waals surface area (Å²) in [6.45, 7) is 2.80. The number of benzene rings is 1. The van der Waals surface area contributed by atoms with Gasteiger partial charge in [-0.15, -0.1) is 0 Å². The number of oxazole rings is 1. The fraction of sp³-hybridized carbons (Fsp3) is 0.391. The van der Waals surface area contributed by atoms with E-state index in [0.29, 0.717) is 39.8 Å². The Labute approximate surface area is 211 Å². The van der Waals surface area contributed by atoms with Crippen molar-refractivity contribution in [3.05, 3.63) is 45.7 Å². The molecule has 4 heterocycles. The first-order valence-corrected chi connectivity index (χ1v) is 11.9. The van der Waals surface area contributed by atoms with Crippen LogP contribution in [-0.4, -0.2) is 65.6 Å². The molecule has 0 radical (unpaired) electrons. The number of fused-ring (bicyclic) bond motifs is 2. The molecule has 0 unspecified atom stereocenters. The molecular formula is C23H24Cl2N6O4. The number of hydrogen-bond donors (Lipinski definition) is 2. The number of nitrogens with zero attached hydrogens (tertiary/aromatic N) is 4. The second-order valence-electron chi connectivity index (χ2n) is 8.61. The number of halogens is 2. The predicted octanol–water partition coefficient (Wildman–Crippen LogP) is 2.58. The zero-order chi connectivity index (χ0) is 24.9. The first kappa shape index (κ1) is 23.7. The van der Waals surface area contributed by atoms with Gasteiger partial charge in [-0.2, -0.15) is 4.98 Å². The molecule has 10 nitrogen and oxygen atoms in total. The van der Waals surface area contributed by atoms with E-state index in [4.69, 9.17) is 38.1 Å². The number of ether oxygens (including phenoxy) is 1. The number of hydrogen-bond acceptors (Lipinski definition) is 8. The minimum absolute atomic E-state index is 0.00998. The fourth-order valence-electron chi connectivity index (χ4n) is 4.87. The molecule has 1 fully saturated rings. The number of pyridine rings is 1. The van der Waals surface area contributed by atoms with Crippen molar-refractivity contribution in [1.82, 2.24) is 20.2 Å². The minimum atomic E-state index is -0.906. The predicted molar refractivity (Wildman–Crippen MR) is 131 cm³/mol. The molecule has 2 aliphatic rings. The van der Waals surface area contributed by atoms with Crippen molar-refractivity contribution >= 4 is 57.8 Å². The van der Waals surface area contributed by atoms with Crippen LogP contribution in [0.3, 0.4) is 0 Å². The van der Waals surface area contributed by atoms with Crippen LogP contribution >= 0.6 is 23.2 Å². The number of anilines is 2. The van der Waals surface area contributed by atoms with Gasteiger partial charge in [0.05, 0.1) is 31.5 Å². The van der Waals surface area contributed by atoms with Crippen LogP contribution in [-0.2, 0) is 20.7 Å². The highest BCUT2D eigenvalue weighted by Crippen LogP contribution is 2.38. The summed E-state index contributed by atoms with van der Waals surface area (Å²) in [4.78, 5) is 38.3. The molecule has 2 aromatic heterocycles. The number of aromatic nitrogens is 2. The van der Waals surface area contributed by atoms with Gasteiger partial charge in [0, 0.05) is 23.6 Å². The maximum Gasteiger partial charge on any atom is 0.293 e. The first-order chi connectivity index (χ1) is 16.8. The number of nitrogen functional groups attached to an aromatic ring is 1. The van der Waals surface area contributed by atoms with E-state index < -0.39 is 12.2 Å². The van der Waals surface area contributed by atoms with Gasteiger partial charge in [-0.05, 0) is 36.6 Å². The van der Waals surface area contributed by atoms with Crippen LogP contribution in [0.1, 0.15) is 24.1 Å². The highest BCUT2D eigenvalue weighted by atomic mass is 35.5. The maximum atomic E-state index is 13.8. The van der Waals surface area contributed by atoms with Crippen LogP contribution in [0.25, 0.3) is 11.1 Å². The monoisotopic (exact) mass is 518 g/mol. The zero-order valence-corrected chi connectivity index (χ0v) is 20.6. The molecule has 5 rings (SSSR count). The van der Waals surface area contributed by atoms with E-state index in [-0.39, 0.29) is 37.0 Å². The summed E-state index contributed by atoms with van der Waals surface area (Å²) in [5.74, 6) is -0.565. The van der Waals surface area contributed by atoms with Gasteiger partial charge in [-0.25, -0.2) is 0 Å². The largest absolute Gasteiger partial charge is 0.421 e. The lowest BCUT2D eigenvalue weighted by Crippen LogP contribution is -2.58. The van der Waals surface area contributed by atoms with Gasteiger partial charge in [-0.3, -0.25) is 14.6 Å². The Morgan fingerprint density at radius 3 is 2.74 bits per heavy atom. The summed E-state index contributed by atoms with van der Waals surface area (Å²) in [7, 11) is 1.53. The third-order valence-corrected chi connectivity index (χ3v) is 7.05. The molecule has 3 aromatic rings. The van der Waals surface area contributed by atoms with Crippen LogP contribution in [0.4, 0.5) is 11.7 Å². The second kappa shape index (κ2) is 9.18. The normalized spacial score (nSPS) is 22.2. The Morgan fingerprint density at radius 1 is 1.20 bits per heavy atom. The summed E-state index contributed by atoms with van der Waals surface area (Å²) in [5.41, 5.74) is 9.14. The molecule has 35 heavy (non-hydrogen) atoms. The topological polar surface area (TPSA) is 127 Å².